The highest BCUT2D eigenvalue weighted by Crippen LogP contribution is 2.53. The third kappa shape index (κ3) is 2.97. The van der Waals surface area contributed by atoms with Gasteiger partial charge in [-0.2, -0.15) is 5.10 Å². The maximum atomic E-state index is 13.4. The molecule has 1 aliphatic carbocycles. The van der Waals surface area contributed by atoms with E-state index >= 15 is 0 Å². The molecule has 1 saturated carbocycles. The molecule has 1 aromatic rings. The molecule has 1 N–H and O–H groups in total. The SMILES string of the molecule is CCCCc1cc(C(=O)N2[C@@H]3CN(C(C)=O)[C@@H]4CCCC[C@H]2[C@]4(C)C3)n[nH]1. The van der Waals surface area contributed by atoms with Gasteiger partial charge in [0.1, 0.15) is 5.69 Å². The lowest BCUT2D eigenvalue weighted by molar-refractivity contribution is -0.136. The Morgan fingerprint density at radius 3 is 2.74 bits per heavy atom. The fraction of sp³-hybridized carbons (Fsp3) is 0.762. The monoisotopic (exact) mass is 372 g/mol. The summed E-state index contributed by atoms with van der Waals surface area (Å²) < 4.78 is 0. The second kappa shape index (κ2) is 6.95. The van der Waals surface area contributed by atoms with E-state index in [1.54, 1.807) is 6.92 Å². The first-order valence-electron chi connectivity index (χ1n) is 10.6. The predicted octanol–water partition coefficient (Wildman–Crippen LogP) is 3.15. The zero-order valence-corrected chi connectivity index (χ0v) is 16.8. The van der Waals surface area contributed by atoms with Gasteiger partial charge in [-0.05, 0) is 38.2 Å². The number of piperidine rings is 1. The molecule has 0 radical (unpaired) electrons. The Morgan fingerprint density at radius 2 is 2.04 bits per heavy atom. The molecule has 2 aliphatic heterocycles. The van der Waals surface area contributed by atoms with E-state index in [9.17, 15) is 9.59 Å². The summed E-state index contributed by atoms with van der Waals surface area (Å²) in [6, 6.07) is 2.51. The number of carbonyl (C=O) groups excluding carboxylic acids is 2. The lowest BCUT2D eigenvalue weighted by Crippen LogP contribution is -2.55. The number of aromatic amines is 1. The highest BCUT2D eigenvalue weighted by atomic mass is 16.2. The molecule has 1 aromatic heterocycles. The van der Waals surface area contributed by atoms with Crippen LogP contribution in [0.15, 0.2) is 6.07 Å². The molecule has 3 aliphatic rings. The van der Waals surface area contributed by atoms with Gasteiger partial charge < -0.3 is 9.80 Å². The fourth-order valence-corrected chi connectivity index (χ4v) is 5.92. The Morgan fingerprint density at radius 1 is 1.30 bits per heavy atom. The molecule has 148 valence electrons. The Bertz CT molecular complexity index is 730. The number of rotatable bonds is 4. The number of unbranched alkanes of at least 4 members (excludes halogenated alkanes) is 1. The van der Waals surface area contributed by atoms with Gasteiger partial charge in [-0.1, -0.05) is 33.1 Å². The molecule has 0 spiro atoms. The van der Waals surface area contributed by atoms with Crippen LogP contribution in [0.3, 0.4) is 0 Å². The number of amides is 2. The molecule has 2 saturated heterocycles. The second-order valence-electron chi connectivity index (χ2n) is 8.95. The van der Waals surface area contributed by atoms with E-state index in [0.29, 0.717) is 12.2 Å². The van der Waals surface area contributed by atoms with Crippen LogP contribution in [0.25, 0.3) is 0 Å². The second-order valence-corrected chi connectivity index (χ2v) is 8.95. The van der Waals surface area contributed by atoms with Crippen LogP contribution in [0.4, 0.5) is 0 Å². The summed E-state index contributed by atoms with van der Waals surface area (Å²) in [5.74, 6) is 0.186. The third-order valence-electron chi connectivity index (χ3n) is 7.20. The molecule has 27 heavy (non-hydrogen) atoms. The Balaban J connectivity index is 1.64. The molecule has 4 atom stereocenters. The Labute approximate surface area is 161 Å². The van der Waals surface area contributed by atoms with Crippen LogP contribution >= 0.6 is 0 Å². The maximum absolute atomic E-state index is 13.4. The lowest BCUT2D eigenvalue weighted by Gasteiger charge is -2.46. The van der Waals surface area contributed by atoms with Crippen LogP contribution in [0.5, 0.6) is 0 Å². The Kier molecular flexibility index (Phi) is 4.77. The molecule has 6 heteroatoms. The minimum Gasteiger partial charge on any atom is -0.337 e. The van der Waals surface area contributed by atoms with E-state index in [4.69, 9.17) is 0 Å². The van der Waals surface area contributed by atoms with Crippen LogP contribution in [0, 0.1) is 5.41 Å². The van der Waals surface area contributed by atoms with Gasteiger partial charge in [0.15, 0.2) is 0 Å². The average Bonchev–Trinajstić information content (AvgIpc) is 3.15. The quantitative estimate of drug-likeness (QED) is 0.883. The minimum absolute atomic E-state index is 0.00208. The van der Waals surface area contributed by atoms with Crippen molar-refractivity contribution in [2.75, 3.05) is 6.54 Å². The van der Waals surface area contributed by atoms with Crippen molar-refractivity contribution in [3.63, 3.8) is 0 Å². The summed E-state index contributed by atoms with van der Waals surface area (Å²) in [6.07, 6.45) is 8.51. The van der Waals surface area contributed by atoms with Crippen molar-refractivity contribution < 1.29 is 9.59 Å². The number of hydrogen-bond acceptors (Lipinski definition) is 3. The van der Waals surface area contributed by atoms with Crippen LogP contribution in [0.2, 0.25) is 0 Å². The first-order chi connectivity index (χ1) is 13.0. The molecular weight excluding hydrogens is 340 g/mol. The van der Waals surface area contributed by atoms with Gasteiger partial charge in [0.2, 0.25) is 5.91 Å². The molecule has 2 amide bonds. The largest absolute Gasteiger partial charge is 0.337 e. The highest BCUT2D eigenvalue weighted by Gasteiger charge is 2.60. The highest BCUT2D eigenvalue weighted by molar-refractivity contribution is 5.93. The predicted molar refractivity (Wildman–Crippen MR) is 103 cm³/mol. The smallest absolute Gasteiger partial charge is 0.274 e. The number of fused-ring (bicyclic) bond motifs is 1. The van der Waals surface area contributed by atoms with Gasteiger partial charge in [0.25, 0.3) is 5.91 Å². The fourth-order valence-electron chi connectivity index (χ4n) is 5.92. The van der Waals surface area contributed by atoms with Gasteiger partial charge in [0.05, 0.1) is 6.04 Å². The van der Waals surface area contributed by atoms with Crippen LogP contribution in [-0.4, -0.2) is 56.5 Å². The number of nitrogens with zero attached hydrogens (tertiary/aromatic N) is 3. The summed E-state index contributed by atoms with van der Waals surface area (Å²) in [6.45, 7) is 6.82. The van der Waals surface area contributed by atoms with Crippen molar-refractivity contribution in [2.24, 2.45) is 5.41 Å². The van der Waals surface area contributed by atoms with Gasteiger partial charge >= 0.3 is 0 Å². The average molecular weight is 373 g/mol. The number of H-pyrrole nitrogens is 1. The van der Waals surface area contributed by atoms with Crippen LogP contribution < -0.4 is 0 Å². The molecule has 4 rings (SSSR count). The summed E-state index contributed by atoms with van der Waals surface area (Å²) in [5, 5.41) is 7.38. The molecular formula is C21H32N4O2. The molecule has 3 heterocycles. The lowest BCUT2D eigenvalue weighted by atomic mass is 9.71. The number of nitrogens with one attached hydrogen (secondary N) is 1. The van der Waals surface area contributed by atoms with E-state index in [-0.39, 0.29) is 35.4 Å². The number of aromatic nitrogens is 2. The first-order valence-corrected chi connectivity index (χ1v) is 10.6. The molecule has 6 nitrogen and oxygen atoms in total. The summed E-state index contributed by atoms with van der Waals surface area (Å²) >= 11 is 0. The zero-order valence-electron chi connectivity index (χ0n) is 16.8. The first kappa shape index (κ1) is 18.5. The van der Waals surface area contributed by atoms with Crippen molar-refractivity contribution in [2.45, 2.75) is 90.3 Å². The van der Waals surface area contributed by atoms with Gasteiger partial charge in [0, 0.05) is 36.7 Å². The van der Waals surface area contributed by atoms with Crippen molar-refractivity contribution in [1.29, 1.82) is 0 Å². The van der Waals surface area contributed by atoms with Crippen molar-refractivity contribution in [3.05, 3.63) is 17.5 Å². The summed E-state index contributed by atoms with van der Waals surface area (Å²) in [4.78, 5) is 29.9. The Hall–Kier alpha value is -1.85. The van der Waals surface area contributed by atoms with E-state index in [2.05, 4.69) is 33.8 Å². The van der Waals surface area contributed by atoms with E-state index in [1.165, 1.54) is 0 Å². The minimum atomic E-state index is 0.00208. The topological polar surface area (TPSA) is 69.3 Å². The molecule has 0 aromatic carbocycles. The number of aryl methyl sites for hydroxylation is 1. The van der Waals surface area contributed by atoms with Gasteiger partial charge in [-0.3, -0.25) is 14.7 Å². The van der Waals surface area contributed by atoms with E-state index in [0.717, 1.165) is 57.1 Å². The van der Waals surface area contributed by atoms with E-state index < -0.39 is 0 Å². The molecule has 0 unspecified atom stereocenters. The summed E-state index contributed by atoms with van der Waals surface area (Å²) in [7, 11) is 0. The maximum Gasteiger partial charge on any atom is 0.274 e. The van der Waals surface area contributed by atoms with Crippen LogP contribution in [0.1, 0.15) is 81.9 Å². The van der Waals surface area contributed by atoms with Gasteiger partial charge in [-0.15, -0.1) is 0 Å². The number of carbonyl (C=O) groups is 2. The van der Waals surface area contributed by atoms with Gasteiger partial charge in [-0.25, -0.2) is 0 Å². The normalized spacial score (nSPS) is 32.5. The molecule has 2 bridgehead atoms. The summed E-state index contributed by atoms with van der Waals surface area (Å²) in [5.41, 5.74) is 1.58. The number of hydrogen-bond donors (Lipinski definition) is 1. The number of likely N-dealkylation sites (tertiary alicyclic amines) is 2. The van der Waals surface area contributed by atoms with Crippen molar-refractivity contribution in [3.8, 4) is 0 Å². The molecule has 3 fully saturated rings. The van der Waals surface area contributed by atoms with Crippen molar-refractivity contribution >= 4 is 11.8 Å². The van der Waals surface area contributed by atoms with Crippen molar-refractivity contribution in [1.82, 2.24) is 20.0 Å². The standard InChI is InChI=1S/C21H32N4O2/c1-4-5-8-15-11-17(23-22-15)20(27)25-16-12-21(3)18(24(13-16)14(2)26)9-6-7-10-19(21)25/h11,16,18-19H,4-10,12-13H2,1-3H3,(H,22,23)/t16-,18+,19-,21+/m0/s1. The van der Waals surface area contributed by atoms with E-state index in [1.807, 2.05) is 6.07 Å². The van der Waals surface area contributed by atoms with Crippen LogP contribution in [-0.2, 0) is 11.2 Å². The zero-order chi connectivity index (χ0) is 19.2. The third-order valence-corrected chi connectivity index (χ3v) is 7.20.